The molecule has 0 saturated heterocycles. The summed E-state index contributed by atoms with van der Waals surface area (Å²) in [5.41, 5.74) is 3.07. The number of carbonyl (C=O) groups excluding carboxylic acids is 1. The molecule has 0 spiro atoms. The number of rotatable bonds is 4. The predicted octanol–water partition coefficient (Wildman–Crippen LogP) is 2.59. The summed E-state index contributed by atoms with van der Waals surface area (Å²) < 4.78 is 8.87. The third kappa shape index (κ3) is 3.15. The minimum atomic E-state index is -0.642. The first-order valence-corrected chi connectivity index (χ1v) is 8.07. The van der Waals surface area contributed by atoms with Gasteiger partial charge in [0.05, 0.1) is 11.0 Å². The monoisotopic (exact) mass is 339 g/mol. The van der Waals surface area contributed by atoms with Crippen LogP contribution in [0.3, 0.4) is 0 Å². The maximum absolute atomic E-state index is 12.4. The molecule has 6 heteroatoms. The number of aromatic nitrogens is 2. The first-order valence-electron chi connectivity index (χ1n) is 8.07. The lowest BCUT2D eigenvalue weighted by Crippen LogP contribution is -2.30. The molecule has 1 heterocycles. The number of hydrogen-bond acceptors (Lipinski definition) is 3. The summed E-state index contributed by atoms with van der Waals surface area (Å²) >= 11 is 0. The number of anilines is 1. The zero-order chi connectivity index (χ0) is 18.1. The van der Waals surface area contributed by atoms with Crippen molar-refractivity contribution >= 4 is 22.6 Å². The van der Waals surface area contributed by atoms with Crippen LogP contribution in [0.4, 0.5) is 5.69 Å². The molecule has 25 heavy (non-hydrogen) atoms. The number of imidazole rings is 1. The van der Waals surface area contributed by atoms with Gasteiger partial charge in [0.25, 0.3) is 5.91 Å². The molecule has 0 radical (unpaired) electrons. The van der Waals surface area contributed by atoms with E-state index < -0.39 is 6.10 Å². The van der Waals surface area contributed by atoms with Gasteiger partial charge in [-0.15, -0.1) is 0 Å². The molecule has 1 N–H and O–H groups in total. The lowest BCUT2D eigenvalue weighted by atomic mass is 10.2. The Morgan fingerprint density at radius 1 is 1.08 bits per heavy atom. The lowest BCUT2D eigenvalue weighted by Gasteiger charge is -2.16. The number of hydrogen-bond donors (Lipinski definition) is 1. The molecule has 0 unspecified atom stereocenters. The molecule has 1 amide bonds. The Morgan fingerprint density at radius 3 is 2.48 bits per heavy atom. The smallest absolute Gasteiger partial charge is 0.328 e. The molecule has 3 rings (SSSR count). The van der Waals surface area contributed by atoms with E-state index in [1.54, 1.807) is 42.3 Å². The van der Waals surface area contributed by atoms with Crippen molar-refractivity contribution in [1.29, 1.82) is 0 Å². The van der Waals surface area contributed by atoms with Crippen molar-refractivity contribution in [2.24, 2.45) is 14.1 Å². The maximum Gasteiger partial charge on any atom is 0.328 e. The summed E-state index contributed by atoms with van der Waals surface area (Å²) in [7, 11) is 3.43. The van der Waals surface area contributed by atoms with Crippen LogP contribution in [0, 0.1) is 6.92 Å². The summed E-state index contributed by atoms with van der Waals surface area (Å²) in [6.45, 7) is 3.64. The largest absolute Gasteiger partial charge is 0.481 e. The van der Waals surface area contributed by atoms with Gasteiger partial charge in [-0.2, -0.15) is 0 Å². The van der Waals surface area contributed by atoms with Gasteiger partial charge in [-0.25, -0.2) is 4.79 Å². The fraction of sp³-hybridized carbons (Fsp3) is 0.263. The van der Waals surface area contributed by atoms with Gasteiger partial charge in [-0.05, 0) is 43.7 Å². The fourth-order valence-electron chi connectivity index (χ4n) is 2.76. The minimum Gasteiger partial charge on any atom is -0.481 e. The second-order valence-electron chi connectivity index (χ2n) is 6.12. The molecular formula is C19H21N3O3. The highest BCUT2D eigenvalue weighted by atomic mass is 16.5. The number of ether oxygens (including phenoxy) is 1. The number of benzene rings is 2. The molecule has 0 aliphatic carbocycles. The molecule has 0 aliphatic heterocycles. The second-order valence-corrected chi connectivity index (χ2v) is 6.12. The molecule has 6 nitrogen and oxygen atoms in total. The van der Waals surface area contributed by atoms with Gasteiger partial charge in [0, 0.05) is 19.8 Å². The maximum atomic E-state index is 12.4. The van der Waals surface area contributed by atoms with Crippen LogP contribution in [-0.4, -0.2) is 21.1 Å². The number of aryl methyl sites for hydroxylation is 3. The van der Waals surface area contributed by atoms with Gasteiger partial charge in [-0.1, -0.05) is 18.2 Å². The van der Waals surface area contributed by atoms with E-state index in [-0.39, 0.29) is 11.6 Å². The number of carbonyl (C=O) groups is 1. The summed E-state index contributed by atoms with van der Waals surface area (Å²) in [6.07, 6.45) is -0.642. The van der Waals surface area contributed by atoms with Crippen LogP contribution in [0.25, 0.3) is 11.0 Å². The van der Waals surface area contributed by atoms with E-state index in [1.807, 2.05) is 37.3 Å². The number of nitrogens with zero attached hydrogens (tertiary/aromatic N) is 2. The van der Waals surface area contributed by atoms with E-state index in [9.17, 15) is 9.59 Å². The fourth-order valence-corrected chi connectivity index (χ4v) is 2.76. The number of fused-ring (bicyclic) bond motifs is 1. The summed E-state index contributed by atoms with van der Waals surface area (Å²) in [5, 5.41) is 2.84. The predicted molar refractivity (Wildman–Crippen MR) is 98.1 cm³/mol. The Balaban J connectivity index is 1.78. The summed E-state index contributed by atoms with van der Waals surface area (Å²) in [6, 6.07) is 13.0. The van der Waals surface area contributed by atoms with Crippen molar-refractivity contribution in [2.45, 2.75) is 20.0 Å². The van der Waals surface area contributed by atoms with Crippen LogP contribution in [0.1, 0.15) is 12.5 Å². The zero-order valence-electron chi connectivity index (χ0n) is 14.7. The van der Waals surface area contributed by atoms with Crippen LogP contribution in [0.15, 0.2) is 47.3 Å². The van der Waals surface area contributed by atoms with Crippen LogP contribution >= 0.6 is 0 Å². The van der Waals surface area contributed by atoms with Crippen LogP contribution in [0.5, 0.6) is 5.75 Å². The van der Waals surface area contributed by atoms with Crippen molar-refractivity contribution < 1.29 is 9.53 Å². The Kier molecular flexibility index (Phi) is 4.35. The van der Waals surface area contributed by atoms with E-state index in [4.69, 9.17) is 4.74 Å². The van der Waals surface area contributed by atoms with Gasteiger partial charge >= 0.3 is 5.69 Å². The van der Waals surface area contributed by atoms with Crippen molar-refractivity contribution in [3.8, 4) is 5.75 Å². The Hall–Kier alpha value is -3.02. The highest BCUT2D eigenvalue weighted by Gasteiger charge is 2.16. The van der Waals surface area contributed by atoms with Gasteiger partial charge < -0.3 is 10.1 Å². The number of para-hydroxylation sites is 1. The van der Waals surface area contributed by atoms with Crippen LogP contribution in [-0.2, 0) is 18.9 Å². The Labute approximate surface area is 145 Å². The SMILES string of the molecule is Cc1ccccc1O[C@H](C)C(=O)Nc1ccc2c(c1)n(C)c(=O)n2C. The third-order valence-electron chi connectivity index (χ3n) is 4.31. The van der Waals surface area contributed by atoms with Crippen molar-refractivity contribution in [3.63, 3.8) is 0 Å². The first kappa shape index (κ1) is 16.8. The quantitative estimate of drug-likeness (QED) is 0.794. The van der Waals surface area contributed by atoms with Gasteiger partial charge in [0.2, 0.25) is 0 Å². The van der Waals surface area contributed by atoms with Crippen molar-refractivity contribution in [1.82, 2.24) is 9.13 Å². The van der Waals surface area contributed by atoms with E-state index in [2.05, 4.69) is 5.32 Å². The Morgan fingerprint density at radius 2 is 1.76 bits per heavy atom. The number of nitrogens with one attached hydrogen (secondary N) is 1. The van der Waals surface area contributed by atoms with Gasteiger partial charge in [-0.3, -0.25) is 13.9 Å². The molecule has 3 aromatic rings. The Bertz CT molecular complexity index is 1000. The molecule has 130 valence electrons. The first-order chi connectivity index (χ1) is 11.9. The van der Waals surface area contributed by atoms with E-state index >= 15 is 0 Å². The normalized spacial score (nSPS) is 12.2. The highest BCUT2D eigenvalue weighted by Crippen LogP contribution is 2.20. The highest BCUT2D eigenvalue weighted by molar-refractivity contribution is 5.95. The van der Waals surface area contributed by atoms with E-state index in [0.29, 0.717) is 11.4 Å². The molecule has 0 bridgehead atoms. The van der Waals surface area contributed by atoms with Crippen molar-refractivity contribution in [3.05, 3.63) is 58.5 Å². The average molecular weight is 339 g/mol. The molecule has 0 fully saturated rings. The van der Waals surface area contributed by atoms with Crippen LogP contribution < -0.4 is 15.7 Å². The third-order valence-corrected chi connectivity index (χ3v) is 4.31. The summed E-state index contributed by atoms with van der Waals surface area (Å²) in [4.78, 5) is 24.4. The standard InChI is InChI=1S/C19H21N3O3/c1-12-7-5-6-8-17(12)25-13(2)18(23)20-14-9-10-15-16(11-14)22(4)19(24)21(15)3/h5-11,13H,1-4H3,(H,20,23)/t13-/m1/s1. The van der Waals surface area contributed by atoms with Gasteiger partial charge in [0.1, 0.15) is 5.75 Å². The number of amides is 1. The second kappa shape index (κ2) is 6.47. The minimum absolute atomic E-state index is 0.102. The lowest BCUT2D eigenvalue weighted by molar-refractivity contribution is -0.122. The molecule has 1 atom stereocenters. The molecule has 2 aromatic carbocycles. The molecule has 1 aromatic heterocycles. The molecule has 0 aliphatic rings. The molecular weight excluding hydrogens is 318 g/mol. The average Bonchev–Trinajstić information content (AvgIpc) is 2.81. The molecule has 0 saturated carbocycles. The van der Waals surface area contributed by atoms with E-state index in [0.717, 1.165) is 16.6 Å². The van der Waals surface area contributed by atoms with Crippen LogP contribution in [0.2, 0.25) is 0 Å². The zero-order valence-corrected chi connectivity index (χ0v) is 14.7. The van der Waals surface area contributed by atoms with Gasteiger partial charge in [0.15, 0.2) is 6.10 Å². The summed E-state index contributed by atoms with van der Waals surface area (Å²) in [5.74, 6) is 0.439. The van der Waals surface area contributed by atoms with Crippen molar-refractivity contribution in [2.75, 3.05) is 5.32 Å². The topological polar surface area (TPSA) is 65.3 Å². The van der Waals surface area contributed by atoms with E-state index in [1.165, 1.54) is 0 Å².